The highest BCUT2D eigenvalue weighted by Crippen LogP contribution is 2.19. The number of rotatable bonds is 2. The standard InChI is InChI=1S/C14H27N3O/c1-10-6-12(8-15-7-10)14(18)16-13-4-5-17(3)9-11(13)2/h10-13,15H,4-9H2,1-3H3,(H,16,18). The Kier molecular flexibility index (Phi) is 4.62. The molecule has 0 aromatic rings. The highest BCUT2D eigenvalue weighted by molar-refractivity contribution is 5.79. The minimum absolute atomic E-state index is 0.167. The predicted octanol–water partition coefficient (Wildman–Crippen LogP) is 0.688. The molecule has 2 N–H and O–H groups in total. The summed E-state index contributed by atoms with van der Waals surface area (Å²) < 4.78 is 0. The van der Waals surface area contributed by atoms with E-state index in [1.807, 2.05) is 0 Å². The van der Waals surface area contributed by atoms with Gasteiger partial charge in [-0.1, -0.05) is 13.8 Å². The van der Waals surface area contributed by atoms with E-state index in [1.54, 1.807) is 0 Å². The number of piperidine rings is 2. The average molecular weight is 253 g/mol. The van der Waals surface area contributed by atoms with Crippen LogP contribution in [0.15, 0.2) is 0 Å². The highest BCUT2D eigenvalue weighted by atomic mass is 16.2. The normalized spacial score (nSPS) is 38.4. The molecule has 4 atom stereocenters. The van der Waals surface area contributed by atoms with Crippen LogP contribution in [-0.2, 0) is 4.79 Å². The average Bonchev–Trinajstić information content (AvgIpc) is 2.32. The van der Waals surface area contributed by atoms with Gasteiger partial charge >= 0.3 is 0 Å². The van der Waals surface area contributed by atoms with Crippen LogP contribution >= 0.6 is 0 Å². The summed E-state index contributed by atoms with van der Waals surface area (Å²) >= 11 is 0. The summed E-state index contributed by atoms with van der Waals surface area (Å²) in [4.78, 5) is 14.6. The molecule has 2 fully saturated rings. The Morgan fingerprint density at radius 2 is 2.11 bits per heavy atom. The maximum absolute atomic E-state index is 12.3. The van der Waals surface area contributed by atoms with Crippen LogP contribution in [0.2, 0.25) is 0 Å². The molecule has 0 saturated carbocycles. The second kappa shape index (κ2) is 6.02. The third-order valence-corrected chi connectivity index (χ3v) is 4.38. The zero-order chi connectivity index (χ0) is 13.1. The molecule has 4 unspecified atom stereocenters. The van der Waals surface area contributed by atoms with Crippen LogP contribution < -0.4 is 10.6 Å². The summed E-state index contributed by atoms with van der Waals surface area (Å²) in [6.45, 7) is 8.53. The van der Waals surface area contributed by atoms with Crippen LogP contribution in [0.5, 0.6) is 0 Å². The molecule has 2 saturated heterocycles. The van der Waals surface area contributed by atoms with Crippen molar-refractivity contribution in [3.8, 4) is 0 Å². The van der Waals surface area contributed by atoms with E-state index in [0.717, 1.165) is 39.0 Å². The molecule has 0 radical (unpaired) electrons. The molecule has 2 rings (SSSR count). The fourth-order valence-corrected chi connectivity index (χ4v) is 3.23. The molecule has 1 amide bonds. The van der Waals surface area contributed by atoms with Gasteiger partial charge < -0.3 is 15.5 Å². The van der Waals surface area contributed by atoms with Crippen LogP contribution in [0.25, 0.3) is 0 Å². The predicted molar refractivity (Wildman–Crippen MR) is 73.3 cm³/mol. The lowest BCUT2D eigenvalue weighted by atomic mass is 9.89. The molecule has 0 bridgehead atoms. The van der Waals surface area contributed by atoms with E-state index in [4.69, 9.17) is 0 Å². The maximum atomic E-state index is 12.3. The molecule has 4 nitrogen and oxygen atoms in total. The number of likely N-dealkylation sites (tertiary alicyclic amines) is 1. The lowest BCUT2D eigenvalue weighted by molar-refractivity contribution is -0.127. The highest BCUT2D eigenvalue weighted by Gasteiger charge is 2.30. The Balaban J connectivity index is 1.83. The number of nitrogens with zero attached hydrogens (tertiary/aromatic N) is 1. The fraction of sp³-hybridized carbons (Fsp3) is 0.929. The van der Waals surface area contributed by atoms with Crippen molar-refractivity contribution in [2.75, 3.05) is 33.2 Å². The first-order valence-electron chi connectivity index (χ1n) is 7.26. The van der Waals surface area contributed by atoms with Crippen molar-refractivity contribution >= 4 is 5.91 Å². The summed E-state index contributed by atoms with van der Waals surface area (Å²) in [6, 6.07) is 0.367. The van der Waals surface area contributed by atoms with Crippen LogP contribution in [0.4, 0.5) is 0 Å². The summed E-state index contributed by atoms with van der Waals surface area (Å²) in [6.07, 6.45) is 2.11. The molecule has 4 heteroatoms. The van der Waals surface area contributed by atoms with E-state index >= 15 is 0 Å². The van der Waals surface area contributed by atoms with Gasteiger partial charge in [-0.15, -0.1) is 0 Å². The third kappa shape index (κ3) is 3.45. The molecule has 18 heavy (non-hydrogen) atoms. The number of carbonyl (C=O) groups excluding carboxylic acids is 1. The molecular weight excluding hydrogens is 226 g/mol. The van der Waals surface area contributed by atoms with E-state index < -0.39 is 0 Å². The molecule has 0 aromatic heterocycles. The van der Waals surface area contributed by atoms with Gasteiger partial charge in [0.05, 0.1) is 5.92 Å². The monoisotopic (exact) mass is 253 g/mol. The molecule has 0 spiro atoms. The van der Waals surface area contributed by atoms with Crippen molar-refractivity contribution in [1.29, 1.82) is 0 Å². The summed E-state index contributed by atoms with van der Waals surface area (Å²) in [5, 5.41) is 6.63. The largest absolute Gasteiger partial charge is 0.353 e. The first-order valence-corrected chi connectivity index (χ1v) is 7.26. The van der Waals surface area contributed by atoms with Gasteiger partial charge in [-0.3, -0.25) is 4.79 Å². The second-order valence-electron chi connectivity index (χ2n) is 6.34. The van der Waals surface area contributed by atoms with E-state index in [2.05, 4.69) is 36.4 Å². The lowest BCUT2D eigenvalue weighted by Gasteiger charge is -2.36. The van der Waals surface area contributed by atoms with Gasteiger partial charge in [0.25, 0.3) is 0 Å². The lowest BCUT2D eigenvalue weighted by Crippen LogP contribution is -2.52. The van der Waals surface area contributed by atoms with Crippen LogP contribution in [0.3, 0.4) is 0 Å². The number of carbonyl (C=O) groups is 1. The Bertz CT molecular complexity index is 295. The van der Waals surface area contributed by atoms with Crippen molar-refractivity contribution < 1.29 is 4.79 Å². The summed E-state index contributed by atoms with van der Waals surface area (Å²) in [5.41, 5.74) is 0. The minimum Gasteiger partial charge on any atom is -0.353 e. The number of hydrogen-bond acceptors (Lipinski definition) is 3. The third-order valence-electron chi connectivity index (χ3n) is 4.38. The number of amides is 1. The van der Waals surface area contributed by atoms with Gasteiger partial charge in [-0.2, -0.15) is 0 Å². The van der Waals surface area contributed by atoms with Gasteiger partial charge in [-0.05, 0) is 44.8 Å². The zero-order valence-corrected chi connectivity index (χ0v) is 11.9. The topological polar surface area (TPSA) is 44.4 Å². The Hall–Kier alpha value is -0.610. The Labute approximate surface area is 110 Å². The van der Waals surface area contributed by atoms with Gasteiger partial charge in [0.1, 0.15) is 0 Å². The quantitative estimate of drug-likeness (QED) is 0.761. The molecule has 2 aliphatic rings. The van der Waals surface area contributed by atoms with Gasteiger partial charge in [0.2, 0.25) is 5.91 Å². The van der Waals surface area contributed by atoms with Gasteiger partial charge in [0, 0.05) is 19.1 Å². The fourth-order valence-electron chi connectivity index (χ4n) is 3.23. The Morgan fingerprint density at radius 3 is 2.78 bits per heavy atom. The van der Waals surface area contributed by atoms with Crippen molar-refractivity contribution in [2.45, 2.75) is 32.7 Å². The van der Waals surface area contributed by atoms with Crippen LogP contribution in [0, 0.1) is 17.8 Å². The van der Waals surface area contributed by atoms with Gasteiger partial charge in [-0.25, -0.2) is 0 Å². The first-order chi connectivity index (χ1) is 8.56. The van der Waals surface area contributed by atoms with E-state index in [0.29, 0.717) is 17.9 Å². The Morgan fingerprint density at radius 1 is 1.33 bits per heavy atom. The van der Waals surface area contributed by atoms with E-state index in [1.165, 1.54) is 0 Å². The van der Waals surface area contributed by atoms with E-state index in [-0.39, 0.29) is 11.8 Å². The van der Waals surface area contributed by atoms with Crippen LogP contribution in [0.1, 0.15) is 26.7 Å². The minimum atomic E-state index is 0.167. The first kappa shape index (κ1) is 13.8. The molecule has 0 aromatic carbocycles. The molecule has 0 aliphatic carbocycles. The molecular formula is C14H27N3O. The summed E-state index contributed by atoms with van der Waals surface area (Å²) in [7, 11) is 2.15. The van der Waals surface area contributed by atoms with Crippen molar-refractivity contribution in [3.05, 3.63) is 0 Å². The van der Waals surface area contributed by atoms with Crippen molar-refractivity contribution in [2.24, 2.45) is 17.8 Å². The maximum Gasteiger partial charge on any atom is 0.224 e. The van der Waals surface area contributed by atoms with Crippen molar-refractivity contribution in [1.82, 2.24) is 15.5 Å². The smallest absolute Gasteiger partial charge is 0.224 e. The van der Waals surface area contributed by atoms with E-state index in [9.17, 15) is 4.79 Å². The number of hydrogen-bond donors (Lipinski definition) is 2. The van der Waals surface area contributed by atoms with Crippen LogP contribution in [-0.4, -0.2) is 50.1 Å². The molecule has 2 heterocycles. The summed E-state index contributed by atoms with van der Waals surface area (Å²) in [5.74, 6) is 1.60. The molecule has 2 aliphatic heterocycles. The van der Waals surface area contributed by atoms with Gasteiger partial charge in [0.15, 0.2) is 0 Å². The second-order valence-corrected chi connectivity index (χ2v) is 6.34. The SMILES string of the molecule is CC1CNCC(C(=O)NC2CCN(C)CC2C)C1. The zero-order valence-electron chi connectivity index (χ0n) is 11.9. The molecule has 104 valence electrons. The number of nitrogens with one attached hydrogen (secondary N) is 2. The van der Waals surface area contributed by atoms with Crippen molar-refractivity contribution in [3.63, 3.8) is 0 Å².